The van der Waals surface area contributed by atoms with Crippen molar-refractivity contribution >= 4 is 21.7 Å². The van der Waals surface area contributed by atoms with Gasteiger partial charge in [-0.3, -0.25) is 20.4 Å². The number of rotatable bonds is 3. The molecule has 0 aliphatic rings. The summed E-state index contributed by atoms with van der Waals surface area (Å²) in [6.07, 6.45) is 1.08. The summed E-state index contributed by atoms with van der Waals surface area (Å²) < 4.78 is 27.9. The van der Waals surface area contributed by atoms with E-state index in [4.69, 9.17) is 4.42 Å². The van der Waals surface area contributed by atoms with Gasteiger partial charge in [0.2, 0.25) is 0 Å². The summed E-state index contributed by atoms with van der Waals surface area (Å²) in [7, 11) is -3.32. The van der Waals surface area contributed by atoms with Crippen LogP contribution >= 0.6 is 0 Å². The number of aryl methyl sites for hydroxylation is 2. The summed E-state index contributed by atoms with van der Waals surface area (Å²) in [4.78, 5) is 24.0. The normalized spacial score (nSPS) is 11.1. The molecule has 0 saturated carbocycles. The van der Waals surface area contributed by atoms with E-state index in [0.717, 1.165) is 6.26 Å². The van der Waals surface area contributed by atoms with Crippen molar-refractivity contribution in [2.24, 2.45) is 0 Å². The van der Waals surface area contributed by atoms with Crippen LogP contribution in [0.4, 0.5) is 0 Å². The van der Waals surface area contributed by atoms with Crippen molar-refractivity contribution in [2.45, 2.75) is 18.7 Å². The number of sulfone groups is 1. The third-order valence-corrected chi connectivity index (χ3v) is 4.25. The minimum absolute atomic E-state index is 0.114. The fraction of sp³-hybridized carbons (Fsp3) is 0.200. The molecule has 0 fully saturated rings. The van der Waals surface area contributed by atoms with Crippen LogP contribution < -0.4 is 10.9 Å². The monoisotopic (exact) mass is 336 g/mol. The SMILES string of the molecule is Cc1cc(C(=O)NNC(=O)c2ccc(S(C)(=O)=O)cc2)c(C)o1. The Kier molecular flexibility index (Phi) is 4.55. The molecule has 0 unspecified atom stereocenters. The number of furan rings is 1. The third kappa shape index (κ3) is 3.98. The number of hydrogen-bond donors (Lipinski definition) is 2. The molecule has 0 spiro atoms. The van der Waals surface area contributed by atoms with Gasteiger partial charge in [0, 0.05) is 11.8 Å². The molecule has 2 aromatic rings. The van der Waals surface area contributed by atoms with Crippen LogP contribution in [0.2, 0.25) is 0 Å². The van der Waals surface area contributed by atoms with Crippen LogP contribution in [0, 0.1) is 13.8 Å². The quantitative estimate of drug-likeness (QED) is 0.824. The largest absolute Gasteiger partial charge is 0.466 e. The molecule has 2 rings (SSSR count). The summed E-state index contributed by atoms with van der Waals surface area (Å²) in [5.74, 6) is -0.0150. The average Bonchev–Trinajstić information content (AvgIpc) is 2.82. The minimum atomic E-state index is -3.32. The van der Waals surface area contributed by atoms with Crippen LogP contribution in [0.15, 0.2) is 39.6 Å². The summed E-state index contributed by atoms with van der Waals surface area (Å²) in [6, 6.07) is 6.96. The number of carbonyl (C=O) groups is 2. The van der Waals surface area contributed by atoms with Crippen molar-refractivity contribution < 1.29 is 22.4 Å². The van der Waals surface area contributed by atoms with Crippen molar-refractivity contribution in [1.82, 2.24) is 10.9 Å². The first-order valence-corrected chi connectivity index (χ1v) is 8.55. The Labute approximate surface area is 133 Å². The van der Waals surface area contributed by atoms with Crippen LogP contribution in [0.25, 0.3) is 0 Å². The van der Waals surface area contributed by atoms with E-state index >= 15 is 0 Å². The van der Waals surface area contributed by atoms with E-state index < -0.39 is 21.7 Å². The van der Waals surface area contributed by atoms with Crippen molar-refractivity contribution in [3.05, 3.63) is 53.0 Å². The lowest BCUT2D eigenvalue weighted by atomic mass is 10.2. The molecular weight excluding hydrogens is 320 g/mol. The van der Waals surface area contributed by atoms with Crippen molar-refractivity contribution in [3.63, 3.8) is 0 Å². The zero-order chi connectivity index (χ0) is 17.2. The Morgan fingerprint density at radius 2 is 1.57 bits per heavy atom. The molecule has 1 aromatic heterocycles. The van der Waals surface area contributed by atoms with Gasteiger partial charge >= 0.3 is 0 Å². The van der Waals surface area contributed by atoms with Crippen LogP contribution in [-0.2, 0) is 9.84 Å². The second kappa shape index (κ2) is 6.25. The first kappa shape index (κ1) is 16.8. The highest BCUT2D eigenvalue weighted by atomic mass is 32.2. The summed E-state index contributed by atoms with van der Waals surface area (Å²) in [6.45, 7) is 3.36. The number of nitrogens with one attached hydrogen (secondary N) is 2. The smallest absolute Gasteiger partial charge is 0.273 e. The van der Waals surface area contributed by atoms with E-state index in [0.29, 0.717) is 17.1 Å². The fourth-order valence-corrected chi connectivity index (χ4v) is 2.59. The van der Waals surface area contributed by atoms with Gasteiger partial charge in [-0.1, -0.05) is 0 Å². The Balaban J connectivity index is 2.02. The first-order valence-electron chi connectivity index (χ1n) is 6.66. The topological polar surface area (TPSA) is 105 Å². The van der Waals surface area contributed by atoms with E-state index in [1.54, 1.807) is 19.9 Å². The Hall–Kier alpha value is -2.61. The fourth-order valence-electron chi connectivity index (χ4n) is 1.96. The van der Waals surface area contributed by atoms with Gasteiger partial charge in [-0.2, -0.15) is 0 Å². The molecule has 1 aromatic carbocycles. The first-order chi connectivity index (χ1) is 10.7. The molecular formula is C15H16N2O5S. The van der Waals surface area contributed by atoms with Crippen LogP contribution in [-0.4, -0.2) is 26.5 Å². The summed E-state index contributed by atoms with van der Waals surface area (Å²) in [5, 5.41) is 0. The number of amides is 2. The highest BCUT2D eigenvalue weighted by molar-refractivity contribution is 7.90. The lowest BCUT2D eigenvalue weighted by Crippen LogP contribution is -2.41. The minimum Gasteiger partial charge on any atom is -0.466 e. The maximum absolute atomic E-state index is 11.9. The number of hydrogen-bond acceptors (Lipinski definition) is 5. The molecule has 0 atom stereocenters. The van der Waals surface area contributed by atoms with E-state index in [-0.39, 0.29) is 10.5 Å². The molecule has 2 N–H and O–H groups in total. The lowest BCUT2D eigenvalue weighted by Gasteiger charge is -2.07. The number of benzene rings is 1. The predicted molar refractivity (Wildman–Crippen MR) is 82.7 cm³/mol. The third-order valence-electron chi connectivity index (χ3n) is 3.12. The van der Waals surface area contributed by atoms with E-state index in [1.807, 2.05) is 0 Å². The van der Waals surface area contributed by atoms with E-state index in [9.17, 15) is 18.0 Å². The Morgan fingerprint density at radius 1 is 1.00 bits per heavy atom. The van der Waals surface area contributed by atoms with E-state index in [1.165, 1.54) is 24.3 Å². The molecule has 0 aliphatic carbocycles. The lowest BCUT2D eigenvalue weighted by molar-refractivity contribution is 0.0845. The van der Waals surface area contributed by atoms with E-state index in [2.05, 4.69) is 10.9 Å². The van der Waals surface area contributed by atoms with Gasteiger partial charge in [-0.05, 0) is 44.2 Å². The molecule has 0 radical (unpaired) electrons. The molecule has 0 bridgehead atoms. The Morgan fingerprint density at radius 3 is 2.04 bits per heavy atom. The zero-order valence-electron chi connectivity index (χ0n) is 12.8. The maximum Gasteiger partial charge on any atom is 0.273 e. The number of carbonyl (C=O) groups excluding carboxylic acids is 2. The average molecular weight is 336 g/mol. The summed E-state index contributed by atoms with van der Waals surface area (Å²) >= 11 is 0. The van der Waals surface area contributed by atoms with Crippen molar-refractivity contribution in [1.29, 1.82) is 0 Å². The second-order valence-corrected chi connectivity index (χ2v) is 7.05. The molecule has 0 aliphatic heterocycles. The van der Waals surface area contributed by atoms with Crippen molar-refractivity contribution in [3.8, 4) is 0 Å². The van der Waals surface area contributed by atoms with Gasteiger partial charge < -0.3 is 4.42 Å². The maximum atomic E-state index is 11.9. The van der Waals surface area contributed by atoms with Gasteiger partial charge in [0.05, 0.1) is 10.5 Å². The van der Waals surface area contributed by atoms with Gasteiger partial charge in [0.15, 0.2) is 9.84 Å². The molecule has 1 heterocycles. The molecule has 0 saturated heterocycles. The molecule has 23 heavy (non-hydrogen) atoms. The van der Waals surface area contributed by atoms with Crippen LogP contribution in [0.5, 0.6) is 0 Å². The second-order valence-electron chi connectivity index (χ2n) is 5.03. The van der Waals surface area contributed by atoms with Crippen molar-refractivity contribution in [2.75, 3.05) is 6.26 Å². The van der Waals surface area contributed by atoms with Crippen LogP contribution in [0.1, 0.15) is 32.2 Å². The van der Waals surface area contributed by atoms with Crippen LogP contribution in [0.3, 0.4) is 0 Å². The number of hydrazine groups is 1. The highest BCUT2D eigenvalue weighted by Gasteiger charge is 2.15. The van der Waals surface area contributed by atoms with Gasteiger partial charge in [-0.15, -0.1) is 0 Å². The predicted octanol–water partition coefficient (Wildman–Crippen LogP) is 1.37. The van der Waals surface area contributed by atoms with Gasteiger partial charge in [0.25, 0.3) is 11.8 Å². The van der Waals surface area contributed by atoms with Gasteiger partial charge in [0.1, 0.15) is 11.5 Å². The Bertz CT molecular complexity index is 850. The molecule has 2 amide bonds. The molecule has 7 nitrogen and oxygen atoms in total. The highest BCUT2D eigenvalue weighted by Crippen LogP contribution is 2.13. The molecule has 122 valence electrons. The van der Waals surface area contributed by atoms with Gasteiger partial charge in [-0.25, -0.2) is 8.42 Å². The molecule has 8 heteroatoms. The summed E-state index contributed by atoms with van der Waals surface area (Å²) in [5.41, 5.74) is 5.09. The standard InChI is InChI=1S/C15H16N2O5S/c1-9-8-13(10(2)22-9)15(19)17-16-14(18)11-4-6-12(7-5-11)23(3,20)21/h4-8H,1-3H3,(H,16,18)(H,17,19). The zero-order valence-corrected chi connectivity index (χ0v) is 13.7.